The second kappa shape index (κ2) is 7.39. The first-order valence-corrected chi connectivity index (χ1v) is 10.3. The van der Waals surface area contributed by atoms with Gasteiger partial charge in [0.15, 0.2) is 0 Å². The molecule has 2 aromatic heterocycles. The van der Waals surface area contributed by atoms with Crippen LogP contribution in [0.3, 0.4) is 0 Å². The lowest BCUT2D eigenvalue weighted by Gasteiger charge is -2.38. The molecule has 162 valence electrons. The summed E-state index contributed by atoms with van der Waals surface area (Å²) in [6.07, 6.45) is 4.48. The number of carbonyl (C=O) groups excluding carboxylic acids is 2. The Morgan fingerprint density at radius 2 is 1.94 bits per heavy atom. The van der Waals surface area contributed by atoms with Crippen LogP contribution >= 0.6 is 0 Å². The first kappa shape index (κ1) is 20.9. The quantitative estimate of drug-likeness (QED) is 0.504. The molecule has 3 aromatic rings. The summed E-state index contributed by atoms with van der Waals surface area (Å²) in [5.74, 6) is -0.842. The van der Waals surface area contributed by atoms with Gasteiger partial charge < -0.3 is 21.5 Å². The van der Waals surface area contributed by atoms with Gasteiger partial charge in [0.25, 0.3) is 11.8 Å². The molecule has 4 rings (SSSR count). The molecule has 0 bridgehead atoms. The van der Waals surface area contributed by atoms with Gasteiger partial charge >= 0.3 is 0 Å². The van der Waals surface area contributed by atoms with Crippen molar-refractivity contribution in [3.63, 3.8) is 0 Å². The summed E-state index contributed by atoms with van der Waals surface area (Å²) in [5.41, 5.74) is 6.85. The number of nitrogens with zero attached hydrogens (tertiary/aromatic N) is 2. The zero-order valence-corrected chi connectivity index (χ0v) is 17.8. The van der Waals surface area contributed by atoms with Crippen LogP contribution in [0.2, 0.25) is 0 Å². The number of nitrogens with two attached hydrogens (primary N) is 1. The van der Waals surface area contributed by atoms with E-state index in [9.17, 15) is 14.7 Å². The van der Waals surface area contributed by atoms with Crippen molar-refractivity contribution in [2.75, 3.05) is 10.6 Å². The van der Waals surface area contributed by atoms with E-state index in [0.29, 0.717) is 28.9 Å². The molecule has 1 fully saturated rings. The van der Waals surface area contributed by atoms with Crippen molar-refractivity contribution in [1.29, 1.82) is 0 Å². The van der Waals surface area contributed by atoms with Gasteiger partial charge in [-0.2, -0.15) is 5.10 Å². The predicted molar refractivity (Wildman–Crippen MR) is 119 cm³/mol. The highest BCUT2D eigenvalue weighted by molar-refractivity contribution is 6.06. The lowest BCUT2D eigenvalue weighted by molar-refractivity contribution is -0.0283. The van der Waals surface area contributed by atoms with E-state index in [1.165, 1.54) is 6.20 Å². The van der Waals surface area contributed by atoms with Crippen LogP contribution in [0.4, 0.5) is 11.4 Å². The van der Waals surface area contributed by atoms with Crippen molar-refractivity contribution in [3.8, 4) is 0 Å². The number of aliphatic hydroxyl groups is 1. The molecule has 1 aliphatic rings. The van der Waals surface area contributed by atoms with Crippen LogP contribution in [-0.2, 0) is 0 Å². The summed E-state index contributed by atoms with van der Waals surface area (Å²) in [7, 11) is 0. The molecule has 8 nitrogen and oxygen atoms in total. The summed E-state index contributed by atoms with van der Waals surface area (Å²) in [5, 5.41) is 21.4. The van der Waals surface area contributed by atoms with Crippen LogP contribution in [0.25, 0.3) is 5.52 Å². The van der Waals surface area contributed by atoms with Crippen molar-refractivity contribution in [3.05, 3.63) is 59.9 Å². The van der Waals surface area contributed by atoms with Crippen LogP contribution < -0.4 is 16.4 Å². The molecule has 0 radical (unpaired) electrons. The fourth-order valence-corrected chi connectivity index (χ4v) is 4.17. The summed E-state index contributed by atoms with van der Waals surface area (Å²) in [6, 6.07) is 10.6. The molecular weight excluding hydrogens is 394 g/mol. The number of aromatic nitrogens is 2. The normalized spacial score (nSPS) is 22.4. The van der Waals surface area contributed by atoms with E-state index in [4.69, 9.17) is 5.73 Å². The number of hydrogen-bond acceptors (Lipinski definition) is 5. The van der Waals surface area contributed by atoms with E-state index >= 15 is 0 Å². The Balaban J connectivity index is 1.71. The second-order valence-corrected chi connectivity index (χ2v) is 8.91. The van der Waals surface area contributed by atoms with Crippen molar-refractivity contribution in [2.45, 2.75) is 45.3 Å². The second-order valence-electron chi connectivity index (χ2n) is 8.91. The van der Waals surface area contributed by atoms with Gasteiger partial charge in [-0.1, -0.05) is 32.0 Å². The minimum atomic E-state index is -0.836. The molecule has 31 heavy (non-hydrogen) atoms. The summed E-state index contributed by atoms with van der Waals surface area (Å²) >= 11 is 0. The lowest BCUT2D eigenvalue weighted by Crippen LogP contribution is -2.45. The fraction of sp³-hybridized carbons (Fsp3) is 0.348. The average molecular weight is 422 g/mol. The van der Waals surface area contributed by atoms with Gasteiger partial charge in [-0.25, -0.2) is 4.52 Å². The zero-order valence-electron chi connectivity index (χ0n) is 17.8. The number of benzene rings is 1. The van der Waals surface area contributed by atoms with Crippen molar-refractivity contribution < 1.29 is 14.7 Å². The Morgan fingerprint density at radius 3 is 2.55 bits per heavy atom. The van der Waals surface area contributed by atoms with Crippen LogP contribution in [0.1, 0.15) is 54.3 Å². The Labute approximate surface area is 180 Å². The molecule has 8 heteroatoms. The Hall–Kier alpha value is -3.39. The molecule has 1 saturated carbocycles. The lowest BCUT2D eigenvalue weighted by atomic mass is 9.76. The maximum absolute atomic E-state index is 12.5. The van der Waals surface area contributed by atoms with E-state index < -0.39 is 16.9 Å². The smallest absolute Gasteiger partial charge is 0.255 e. The summed E-state index contributed by atoms with van der Waals surface area (Å²) in [4.78, 5) is 24.6. The molecule has 1 aromatic carbocycles. The van der Waals surface area contributed by atoms with E-state index in [0.717, 1.165) is 6.42 Å². The van der Waals surface area contributed by atoms with E-state index in [1.807, 2.05) is 26.8 Å². The molecule has 0 aliphatic heterocycles. The number of nitrogens with one attached hydrogen (secondary N) is 2. The highest BCUT2D eigenvalue weighted by Crippen LogP contribution is 2.47. The van der Waals surface area contributed by atoms with E-state index in [-0.39, 0.29) is 17.5 Å². The minimum Gasteiger partial charge on any atom is -0.390 e. The third-order valence-electron chi connectivity index (χ3n) is 6.69. The molecule has 2 amide bonds. The molecule has 2 atom stereocenters. The third kappa shape index (κ3) is 3.63. The molecule has 0 saturated heterocycles. The number of anilines is 2. The molecule has 0 unspecified atom stereocenters. The van der Waals surface area contributed by atoms with Crippen LogP contribution in [0.5, 0.6) is 0 Å². The van der Waals surface area contributed by atoms with Gasteiger partial charge in [0.2, 0.25) is 0 Å². The van der Waals surface area contributed by atoms with Crippen LogP contribution in [0.15, 0.2) is 48.8 Å². The fourth-order valence-electron chi connectivity index (χ4n) is 4.17. The average Bonchev–Trinajstić information content (AvgIpc) is 3.21. The van der Waals surface area contributed by atoms with Crippen molar-refractivity contribution >= 4 is 28.7 Å². The van der Waals surface area contributed by atoms with Crippen molar-refractivity contribution in [2.24, 2.45) is 11.1 Å². The number of rotatable bonds is 5. The molecule has 0 spiro atoms. The van der Waals surface area contributed by atoms with Gasteiger partial charge in [-0.3, -0.25) is 9.59 Å². The number of primary amides is 1. The van der Waals surface area contributed by atoms with E-state index in [1.54, 1.807) is 41.0 Å². The van der Waals surface area contributed by atoms with Gasteiger partial charge in [0, 0.05) is 17.0 Å². The van der Waals surface area contributed by atoms with Crippen LogP contribution in [-0.4, -0.2) is 38.2 Å². The SMILES string of the molecule is CC1(C)[C@H](Nc2c(C(N)=O)cnn3cc(NC(=O)c4ccccc4)cc23)CC[C@@]1(C)O. The van der Waals surface area contributed by atoms with Gasteiger partial charge in [0.1, 0.15) is 0 Å². The summed E-state index contributed by atoms with van der Waals surface area (Å²) < 4.78 is 1.59. The Morgan fingerprint density at radius 1 is 1.23 bits per heavy atom. The standard InChI is InChI=1S/C23H27N5O3/c1-22(2)18(9-10-23(22,3)31)27-19-16(20(24)29)12-25-28-13-15(11-17(19)28)26-21(30)14-7-5-4-6-8-14/h4-8,11-13,18,27,31H,9-10H2,1-3H3,(H2,24,29)(H,26,30)/t18-,23-/m1/s1. The monoisotopic (exact) mass is 421 g/mol. The predicted octanol–water partition coefficient (Wildman–Crippen LogP) is 3.04. The maximum atomic E-state index is 12.5. The van der Waals surface area contributed by atoms with Gasteiger partial charge in [0.05, 0.1) is 40.4 Å². The summed E-state index contributed by atoms with van der Waals surface area (Å²) in [6.45, 7) is 5.84. The third-order valence-corrected chi connectivity index (χ3v) is 6.69. The first-order chi connectivity index (χ1) is 14.6. The number of hydrogen-bond donors (Lipinski definition) is 4. The Bertz CT molecular complexity index is 1150. The largest absolute Gasteiger partial charge is 0.390 e. The molecule has 5 N–H and O–H groups in total. The zero-order chi connectivity index (χ0) is 22.4. The van der Waals surface area contributed by atoms with Gasteiger partial charge in [-0.15, -0.1) is 0 Å². The molecular formula is C23H27N5O3. The molecule has 2 heterocycles. The topological polar surface area (TPSA) is 122 Å². The number of fused-ring (bicyclic) bond motifs is 1. The maximum Gasteiger partial charge on any atom is 0.255 e. The first-order valence-electron chi connectivity index (χ1n) is 10.3. The highest BCUT2D eigenvalue weighted by Gasteiger charge is 2.50. The highest BCUT2D eigenvalue weighted by atomic mass is 16.3. The van der Waals surface area contributed by atoms with Crippen LogP contribution in [0, 0.1) is 5.41 Å². The number of amides is 2. The van der Waals surface area contributed by atoms with Gasteiger partial charge in [-0.05, 0) is 38.0 Å². The minimum absolute atomic E-state index is 0.0796. The number of carbonyl (C=O) groups is 2. The van der Waals surface area contributed by atoms with E-state index in [2.05, 4.69) is 15.7 Å². The molecule has 1 aliphatic carbocycles. The van der Waals surface area contributed by atoms with Crippen molar-refractivity contribution in [1.82, 2.24) is 9.61 Å². The Kier molecular flexibility index (Phi) is 4.97.